The van der Waals surface area contributed by atoms with Crippen molar-refractivity contribution < 1.29 is 14.3 Å². The third-order valence-electron chi connectivity index (χ3n) is 4.33. The number of anilines is 1. The topological polar surface area (TPSA) is 67.4 Å². The lowest BCUT2D eigenvalue weighted by molar-refractivity contribution is -0.115. The fourth-order valence-corrected chi connectivity index (χ4v) is 2.88. The molecular weight excluding hydrogens is 352 g/mol. The summed E-state index contributed by atoms with van der Waals surface area (Å²) in [6.07, 6.45) is 1.68. The number of nitrogens with one attached hydrogen (secondary N) is 2. The van der Waals surface area contributed by atoms with Gasteiger partial charge >= 0.3 is 0 Å². The quantitative estimate of drug-likeness (QED) is 0.683. The molecule has 3 aromatic carbocycles. The van der Waals surface area contributed by atoms with E-state index in [1.54, 1.807) is 24.3 Å². The number of amides is 2. The summed E-state index contributed by atoms with van der Waals surface area (Å²) in [7, 11) is 0. The molecule has 4 rings (SSSR count). The molecule has 3 aromatic rings. The average molecular weight is 370 g/mol. The maximum absolute atomic E-state index is 12.4. The van der Waals surface area contributed by atoms with Crippen molar-refractivity contribution in [2.75, 3.05) is 5.32 Å². The fraction of sp³-hybridized carbons (Fsp3) is 0.0435. The molecule has 1 aliphatic heterocycles. The van der Waals surface area contributed by atoms with Crippen molar-refractivity contribution in [3.05, 3.63) is 101 Å². The first-order valence-corrected chi connectivity index (χ1v) is 8.91. The van der Waals surface area contributed by atoms with E-state index in [9.17, 15) is 9.59 Å². The summed E-state index contributed by atoms with van der Waals surface area (Å²) in [4.78, 5) is 24.8. The van der Waals surface area contributed by atoms with Crippen molar-refractivity contribution in [1.82, 2.24) is 5.32 Å². The Hall–Kier alpha value is -3.86. The molecule has 0 saturated carbocycles. The van der Waals surface area contributed by atoms with Crippen LogP contribution >= 0.6 is 0 Å². The minimum absolute atomic E-state index is 0.208. The largest absolute Gasteiger partial charge is 0.449 e. The van der Waals surface area contributed by atoms with Gasteiger partial charge in [0.25, 0.3) is 11.8 Å². The molecule has 0 aromatic heterocycles. The molecule has 0 radical (unpaired) electrons. The summed E-state index contributed by atoms with van der Waals surface area (Å²) in [6.45, 7) is 0.434. The highest BCUT2D eigenvalue weighted by Gasteiger charge is 2.23. The van der Waals surface area contributed by atoms with Crippen molar-refractivity contribution >= 4 is 23.6 Å². The van der Waals surface area contributed by atoms with Gasteiger partial charge in [-0.05, 0) is 35.4 Å². The lowest BCUT2D eigenvalue weighted by atomic mass is 10.1. The lowest BCUT2D eigenvalue weighted by Gasteiger charge is -2.20. The van der Waals surface area contributed by atoms with Crippen LogP contribution in [0.25, 0.3) is 6.08 Å². The highest BCUT2D eigenvalue weighted by molar-refractivity contribution is 6.09. The Balaban J connectivity index is 1.49. The second kappa shape index (κ2) is 7.80. The van der Waals surface area contributed by atoms with Crippen LogP contribution < -0.4 is 15.4 Å². The summed E-state index contributed by atoms with van der Waals surface area (Å²) in [5.74, 6) is 0.145. The molecule has 0 fully saturated rings. The van der Waals surface area contributed by atoms with Crippen LogP contribution in [0.1, 0.15) is 21.5 Å². The molecule has 0 aliphatic carbocycles. The van der Waals surface area contributed by atoms with E-state index in [0.717, 1.165) is 11.1 Å². The van der Waals surface area contributed by atoms with Crippen molar-refractivity contribution in [2.45, 2.75) is 6.54 Å². The molecule has 0 unspecified atom stereocenters. The lowest BCUT2D eigenvalue weighted by Crippen LogP contribution is -2.25. The Bertz CT molecular complexity index is 1040. The standard InChI is InChI=1S/C23H18N2O3/c26-22(24-15-17-9-5-2-6-10-17)18-11-12-20-19(14-18)25-23(27)21(28-20)13-16-7-3-1-4-8-16/h1-14H,15H2,(H,24,26)(H,25,27). The van der Waals surface area contributed by atoms with Gasteiger partial charge in [-0.1, -0.05) is 60.7 Å². The van der Waals surface area contributed by atoms with Gasteiger partial charge in [-0.3, -0.25) is 9.59 Å². The summed E-state index contributed by atoms with van der Waals surface area (Å²) >= 11 is 0. The monoisotopic (exact) mass is 370 g/mol. The van der Waals surface area contributed by atoms with Crippen molar-refractivity contribution in [2.24, 2.45) is 0 Å². The number of hydrogen-bond acceptors (Lipinski definition) is 3. The van der Waals surface area contributed by atoms with E-state index in [2.05, 4.69) is 10.6 Å². The van der Waals surface area contributed by atoms with Crippen molar-refractivity contribution in [3.8, 4) is 5.75 Å². The van der Waals surface area contributed by atoms with E-state index in [-0.39, 0.29) is 17.6 Å². The molecule has 138 valence electrons. The van der Waals surface area contributed by atoms with Gasteiger partial charge in [0.2, 0.25) is 0 Å². The molecule has 5 nitrogen and oxygen atoms in total. The highest BCUT2D eigenvalue weighted by Crippen LogP contribution is 2.32. The Morgan fingerprint density at radius 2 is 1.68 bits per heavy atom. The fourth-order valence-electron chi connectivity index (χ4n) is 2.88. The maximum atomic E-state index is 12.4. The Labute approximate surface area is 162 Å². The van der Waals surface area contributed by atoms with Crippen LogP contribution in [0.4, 0.5) is 5.69 Å². The summed E-state index contributed by atoms with van der Waals surface area (Å²) in [5.41, 5.74) is 2.81. The number of ether oxygens (including phenoxy) is 1. The van der Waals surface area contributed by atoms with Crippen molar-refractivity contribution in [3.63, 3.8) is 0 Å². The molecule has 5 heteroatoms. The zero-order valence-corrected chi connectivity index (χ0v) is 15.0. The van der Waals surface area contributed by atoms with Crippen LogP contribution in [0.15, 0.2) is 84.6 Å². The van der Waals surface area contributed by atoms with Crippen molar-refractivity contribution in [1.29, 1.82) is 0 Å². The van der Waals surface area contributed by atoms with Crippen LogP contribution in [-0.4, -0.2) is 11.8 Å². The SMILES string of the molecule is O=C1Nc2cc(C(=O)NCc3ccccc3)ccc2OC1=Cc1ccccc1. The Morgan fingerprint density at radius 1 is 0.964 bits per heavy atom. The van der Waals surface area contributed by atoms with E-state index in [4.69, 9.17) is 4.74 Å². The van der Waals surface area contributed by atoms with E-state index in [1.807, 2.05) is 60.7 Å². The molecule has 0 atom stereocenters. The second-order valence-electron chi connectivity index (χ2n) is 6.35. The minimum Gasteiger partial charge on any atom is -0.449 e. The van der Waals surface area contributed by atoms with E-state index in [1.165, 1.54) is 0 Å². The molecular formula is C23H18N2O3. The van der Waals surface area contributed by atoms with Crippen LogP contribution in [-0.2, 0) is 11.3 Å². The van der Waals surface area contributed by atoms with Gasteiger partial charge < -0.3 is 15.4 Å². The number of hydrogen-bond donors (Lipinski definition) is 2. The molecule has 28 heavy (non-hydrogen) atoms. The van der Waals surface area contributed by atoms with Gasteiger partial charge in [-0.2, -0.15) is 0 Å². The minimum atomic E-state index is -0.349. The first kappa shape index (κ1) is 17.5. The van der Waals surface area contributed by atoms with Crippen LogP contribution in [0.3, 0.4) is 0 Å². The molecule has 1 heterocycles. The number of rotatable bonds is 4. The number of carbonyl (C=O) groups excluding carboxylic acids is 2. The third-order valence-corrected chi connectivity index (χ3v) is 4.33. The first-order chi connectivity index (χ1) is 13.7. The molecule has 1 aliphatic rings. The van der Waals surface area contributed by atoms with Crippen LogP contribution in [0, 0.1) is 0 Å². The van der Waals surface area contributed by atoms with E-state index in [0.29, 0.717) is 23.5 Å². The maximum Gasteiger partial charge on any atom is 0.291 e. The second-order valence-corrected chi connectivity index (χ2v) is 6.35. The van der Waals surface area contributed by atoms with Gasteiger partial charge in [-0.15, -0.1) is 0 Å². The summed E-state index contributed by atoms with van der Waals surface area (Å²) in [5, 5.41) is 5.66. The molecule has 0 bridgehead atoms. The van der Waals surface area contributed by atoms with Gasteiger partial charge in [0.15, 0.2) is 11.5 Å². The molecule has 2 amide bonds. The van der Waals surface area contributed by atoms with Gasteiger partial charge in [-0.25, -0.2) is 0 Å². The zero-order valence-electron chi connectivity index (χ0n) is 15.0. The van der Waals surface area contributed by atoms with Gasteiger partial charge in [0, 0.05) is 12.1 Å². The highest BCUT2D eigenvalue weighted by atomic mass is 16.5. The summed E-state index contributed by atoms with van der Waals surface area (Å²) in [6, 6.07) is 24.1. The van der Waals surface area contributed by atoms with Crippen LogP contribution in [0.5, 0.6) is 5.75 Å². The van der Waals surface area contributed by atoms with Crippen LogP contribution in [0.2, 0.25) is 0 Å². The average Bonchev–Trinajstić information content (AvgIpc) is 2.74. The number of benzene rings is 3. The zero-order chi connectivity index (χ0) is 19.3. The molecule has 0 saturated heterocycles. The molecule has 0 spiro atoms. The predicted octanol–water partition coefficient (Wildman–Crippen LogP) is 3.99. The summed E-state index contributed by atoms with van der Waals surface area (Å²) < 4.78 is 5.73. The normalized spacial score (nSPS) is 14.0. The predicted molar refractivity (Wildman–Crippen MR) is 108 cm³/mol. The number of carbonyl (C=O) groups is 2. The van der Waals surface area contributed by atoms with E-state index < -0.39 is 0 Å². The Morgan fingerprint density at radius 3 is 2.43 bits per heavy atom. The van der Waals surface area contributed by atoms with E-state index >= 15 is 0 Å². The third kappa shape index (κ3) is 3.94. The number of fused-ring (bicyclic) bond motifs is 1. The van der Waals surface area contributed by atoms with Gasteiger partial charge in [0.1, 0.15) is 0 Å². The smallest absolute Gasteiger partial charge is 0.291 e. The van der Waals surface area contributed by atoms with Gasteiger partial charge in [0.05, 0.1) is 5.69 Å². The Kier molecular flexibility index (Phi) is 4.89. The molecule has 2 N–H and O–H groups in total. The first-order valence-electron chi connectivity index (χ1n) is 8.91.